The van der Waals surface area contributed by atoms with E-state index in [1.165, 1.54) is 5.06 Å². The normalized spacial score (nSPS) is 11.9. The molecule has 0 fully saturated rings. The van der Waals surface area contributed by atoms with E-state index >= 15 is 0 Å². The molecule has 0 amide bonds. The van der Waals surface area contributed by atoms with Crippen LogP contribution in [0.2, 0.25) is 0 Å². The van der Waals surface area contributed by atoms with Crippen LogP contribution in [-0.4, -0.2) is 38.9 Å². The number of methoxy groups -OCH3 is 1. The zero-order valence-corrected chi connectivity index (χ0v) is 17.6. The van der Waals surface area contributed by atoms with Gasteiger partial charge in [-0.3, -0.25) is 0 Å². The van der Waals surface area contributed by atoms with E-state index in [-0.39, 0.29) is 11.4 Å². The predicted octanol–water partition coefficient (Wildman–Crippen LogP) is 3.45. The van der Waals surface area contributed by atoms with Gasteiger partial charge in [0.2, 0.25) is 10.0 Å². The van der Waals surface area contributed by atoms with E-state index in [1.54, 1.807) is 25.3 Å². The Hall–Kier alpha value is -1.93. The average Bonchev–Trinajstić information content (AvgIpc) is 2.65. The molecule has 6 nitrogen and oxygen atoms in total. The lowest BCUT2D eigenvalue weighted by molar-refractivity contribution is -0.0994. The standard InChI is InChI=1S/C21H30N2O4S/c1-17(2)14-19-15-20(27-3)10-11-21(19)28(25,26)22-12-7-13-23(24)16-18-8-5-4-6-9-18/h4-6,8-11,15,17,22,24H,7,12-14,16H2,1-3H3. The molecule has 0 aliphatic carbocycles. The summed E-state index contributed by atoms with van der Waals surface area (Å²) in [4.78, 5) is 0.284. The van der Waals surface area contributed by atoms with Crippen LogP contribution in [0.1, 0.15) is 31.4 Å². The summed E-state index contributed by atoms with van der Waals surface area (Å²) in [5.41, 5.74) is 1.75. The quantitative estimate of drug-likeness (QED) is 0.441. The lowest BCUT2D eigenvalue weighted by atomic mass is 10.0. The zero-order chi connectivity index (χ0) is 20.6. The molecule has 0 aliphatic rings. The maximum Gasteiger partial charge on any atom is 0.240 e. The number of hydrogen-bond donors (Lipinski definition) is 2. The van der Waals surface area contributed by atoms with Crippen molar-refractivity contribution < 1.29 is 18.4 Å². The van der Waals surface area contributed by atoms with E-state index in [9.17, 15) is 13.6 Å². The number of sulfonamides is 1. The molecule has 2 aromatic carbocycles. The first-order chi connectivity index (χ1) is 13.3. The van der Waals surface area contributed by atoms with Crippen molar-refractivity contribution in [2.75, 3.05) is 20.2 Å². The first-order valence-corrected chi connectivity index (χ1v) is 10.9. The highest BCUT2D eigenvalue weighted by Gasteiger charge is 2.19. The van der Waals surface area contributed by atoms with Crippen LogP contribution in [-0.2, 0) is 23.0 Å². The zero-order valence-electron chi connectivity index (χ0n) is 16.8. The summed E-state index contributed by atoms with van der Waals surface area (Å²) in [6, 6.07) is 14.7. The van der Waals surface area contributed by atoms with Gasteiger partial charge < -0.3 is 9.94 Å². The third-order valence-electron chi connectivity index (χ3n) is 4.28. The van der Waals surface area contributed by atoms with E-state index < -0.39 is 10.0 Å². The van der Waals surface area contributed by atoms with Crippen LogP contribution in [0.5, 0.6) is 5.75 Å². The Balaban J connectivity index is 1.92. The van der Waals surface area contributed by atoms with Crippen molar-refractivity contribution in [2.24, 2.45) is 5.92 Å². The van der Waals surface area contributed by atoms with Crippen LogP contribution < -0.4 is 9.46 Å². The largest absolute Gasteiger partial charge is 0.497 e. The Kier molecular flexibility index (Phi) is 8.44. The van der Waals surface area contributed by atoms with E-state index in [0.29, 0.717) is 37.6 Å². The van der Waals surface area contributed by atoms with Gasteiger partial charge in [0.15, 0.2) is 0 Å². The highest BCUT2D eigenvalue weighted by Crippen LogP contribution is 2.24. The number of rotatable bonds is 11. The molecule has 28 heavy (non-hydrogen) atoms. The second-order valence-electron chi connectivity index (χ2n) is 7.20. The summed E-state index contributed by atoms with van der Waals surface area (Å²) in [7, 11) is -2.06. The molecule has 0 heterocycles. The molecule has 7 heteroatoms. The monoisotopic (exact) mass is 406 g/mol. The first-order valence-electron chi connectivity index (χ1n) is 9.46. The SMILES string of the molecule is COc1ccc(S(=O)(=O)NCCCN(O)Cc2ccccc2)c(CC(C)C)c1. The summed E-state index contributed by atoms with van der Waals surface area (Å²) in [5, 5.41) is 11.2. The number of nitrogens with zero attached hydrogens (tertiary/aromatic N) is 1. The lowest BCUT2D eigenvalue weighted by Crippen LogP contribution is -2.29. The fourth-order valence-electron chi connectivity index (χ4n) is 2.96. The second kappa shape index (κ2) is 10.6. The molecule has 154 valence electrons. The van der Waals surface area contributed by atoms with Crippen LogP contribution in [0.25, 0.3) is 0 Å². The van der Waals surface area contributed by atoms with Crippen molar-refractivity contribution in [1.29, 1.82) is 0 Å². The molecule has 0 radical (unpaired) electrons. The number of hydrogen-bond acceptors (Lipinski definition) is 5. The molecule has 0 saturated heterocycles. The van der Waals surface area contributed by atoms with Gasteiger partial charge in [0.05, 0.1) is 12.0 Å². The summed E-state index contributed by atoms with van der Waals surface area (Å²) < 4.78 is 33.4. The average molecular weight is 407 g/mol. The van der Waals surface area contributed by atoms with Gasteiger partial charge in [0, 0.05) is 19.6 Å². The van der Waals surface area contributed by atoms with Gasteiger partial charge in [-0.25, -0.2) is 13.1 Å². The molecular formula is C21H30N2O4S. The summed E-state index contributed by atoms with van der Waals surface area (Å²) in [6.07, 6.45) is 1.15. The van der Waals surface area contributed by atoms with Crippen LogP contribution in [0, 0.1) is 5.92 Å². The van der Waals surface area contributed by atoms with Gasteiger partial charge >= 0.3 is 0 Å². The Labute approximate surface area is 168 Å². The Bertz CT molecular complexity index is 839. The van der Waals surface area contributed by atoms with Crippen molar-refractivity contribution in [1.82, 2.24) is 9.79 Å². The Morgan fingerprint density at radius 1 is 1.14 bits per heavy atom. The molecule has 2 aromatic rings. The van der Waals surface area contributed by atoms with E-state index in [0.717, 1.165) is 11.1 Å². The Morgan fingerprint density at radius 3 is 2.50 bits per heavy atom. The van der Waals surface area contributed by atoms with Crippen molar-refractivity contribution in [2.45, 2.75) is 38.1 Å². The predicted molar refractivity (Wildman–Crippen MR) is 110 cm³/mol. The topological polar surface area (TPSA) is 78.9 Å². The van der Waals surface area contributed by atoms with Crippen LogP contribution in [0.3, 0.4) is 0 Å². The molecule has 0 bridgehead atoms. The summed E-state index contributed by atoms with van der Waals surface area (Å²) in [5.74, 6) is 0.966. The van der Waals surface area contributed by atoms with Gasteiger partial charge in [-0.2, -0.15) is 5.06 Å². The molecule has 0 unspecified atom stereocenters. The fraction of sp³-hybridized carbons (Fsp3) is 0.429. The fourth-order valence-corrected chi connectivity index (χ4v) is 4.27. The molecular weight excluding hydrogens is 376 g/mol. The van der Waals surface area contributed by atoms with Crippen LogP contribution in [0.4, 0.5) is 0 Å². The maximum absolute atomic E-state index is 12.7. The minimum atomic E-state index is -3.62. The lowest BCUT2D eigenvalue weighted by Gasteiger charge is -2.16. The van der Waals surface area contributed by atoms with Crippen molar-refractivity contribution >= 4 is 10.0 Å². The first kappa shape index (κ1) is 22.4. The molecule has 0 atom stereocenters. The number of nitrogens with one attached hydrogen (secondary N) is 1. The number of benzene rings is 2. The highest BCUT2D eigenvalue weighted by molar-refractivity contribution is 7.89. The minimum Gasteiger partial charge on any atom is -0.497 e. The number of ether oxygens (including phenoxy) is 1. The minimum absolute atomic E-state index is 0.251. The van der Waals surface area contributed by atoms with Crippen LogP contribution in [0.15, 0.2) is 53.4 Å². The highest BCUT2D eigenvalue weighted by atomic mass is 32.2. The van der Waals surface area contributed by atoms with Gasteiger partial charge in [-0.15, -0.1) is 0 Å². The molecule has 0 spiro atoms. The van der Waals surface area contributed by atoms with Crippen molar-refractivity contribution in [3.05, 3.63) is 59.7 Å². The number of hydroxylamine groups is 2. The second-order valence-corrected chi connectivity index (χ2v) is 8.93. The molecule has 0 saturated carbocycles. The van der Waals surface area contributed by atoms with E-state index in [2.05, 4.69) is 4.72 Å². The van der Waals surface area contributed by atoms with Crippen molar-refractivity contribution in [3.63, 3.8) is 0 Å². The molecule has 2 N–H and O–H groups in total. The van der Waals surface area contributed by atoms with Gasteiger partial charge in [0.1, 0.15) is 5.75 Å². The maximum atomic E-state index is 12.7. The van der Waals surface area contributed by atoms with E-state index in [1.807, 2.05) is 44.2 Å². The van der Waals surface area contributed by atoms with Gasteiger partial charge in [0.25, 0.3) is 0 Å². The van der Waals surface area contributed by atoms with Crippen molar-refractivity contribution in [3.8, 4) is 5.75 Å². The molecule has 2 rings (SSSR count). The van der Waals surface area contributed by atoms with Gasteiger partial charge in [-0.1, -0.05) is 44.2 Å². The Morgan fingerprint density at radius 2 is 1.86 bits per heavy atom. The summed E-state index contributed by atoms with van der Waals surface area (Å²) >= 11 is 0. The van der Waals surface area contributed by atoms with E-state index in [4.69, 9.17) is 4.74 Å². The summed E-state index contributed by atoms with van der Waals surface area (Å²) in [6.45, 7) is 5.13. The smallest absolute Gasteiger partial charge is 0.240 e. The third-order valence-corrected chi connectivity index (χ3v) is 5.84. The third kappa shape index (κ3) is 6.91. The van der Waals surface area contributed by atoms with Crippen LogP contribution >= 0.6 is 0 Å². The molecule has 0 aliphatic heterocycles. The van der Waals surface area contributed by atoms with Gasteiger partial charge in [-0.05, 0) is 48.1 Å². The molecule has 0 aromatic heterocycles.